The SMILES string of the molecule is CCNC(=O)c1cccc(C)c1OCc1nnc(C2CCCOC2)o1. The normalized spacial score (nSPS) is 17.3. The van der Waals surface area contributed by atoms with Gasteiger partial charge in [0.25, 0.3) is 11.8 Å². The Labute approximate surface area is 146 Å². The summed E-state index contributed by atoms with van der Waals surface area (Å²) in [7, 11) is 0. The minimum absolute atomic E-state index is 0.123. The lowest BCUT2D eigenvalue weighted by Gasteiger charge is -2.18. The summed E-state index contributed by atoms with van der Waals surface area (Å²) in [5.74, 6) is 1.51. The maximum atomic E-state index is 12.2. The topological polar surface area (TPSA) is 86.5 Å². The van der Waals surface area contributed by atoms with Crippen molar-refractivity contribution in [2.75, 3.05) is 19.8 Å². The number of nitrogens with one attached hydrogen (secondary N) is 1. The van der Waals surface area contributed by atoms with Crippen LogP contribution in [0.2, 0.25) is 0 Å². The molecule has 25 heavy (non-hydrogen) atoms. The Hall–Kier alpha value is -2.41. The van der Waals surface area contributed by atoms with Crippen LogP contribution in [0.1, 0.15) is 53.4 Å². The van der Waals surface area contributed by atoms with Gasteiger partial charge in [-0.1, -0.05) is 12.1 Å². The van der Waals surface area contributed by atoms with Gasteiger partial charge in [0.15, 0.2) is 6.61 Å². The lowest BCUT2D eigenvalue weighted by Crippen LogP contribution is -2.23. The van der Waals surface area contributed by atoms with Crippen LogP contribution < -0.4 is 10.1 Å². The molecule has 0 saturated carbocycles. The molecule has 7 nitrogen and oxygen atoms in total. The summed E-state index contributed by atoms with van der Waals surface area (Å²) < 4.78 is 17.0. The predicted octanol–water partition coefficient (Wildman–Crippen LogP) is 2.60. The predicted molar refractivity (Wildman–Crippen MR) is 90.6 cm³/mol. The molecule has 0 aliphatic carbocycles. The number of ether oxygens (including phenoxy) is 2. The van der Waals surface area contributed by atoms with Crippen LogP contribution in [-0.4, -0.2) is 35.9 Å². The lowest BCUT2D eigenvalue weighted by atomic mass is 10.0. The van der Waals surface area contributed by atoms with Crippen molar-refractivity contribution in [3.05, 3.63) is 41.1 Å². The number of carbonyl (C=O) groups excluding carboxylic acids is 1. The molecule has 1 aromatic carbocycles. The highest BCUT2D eigenvalue weighted by atomic mass is 16.5. The molecule has 1 aliphatic heterocycles. The van der Waals surface area contributed by atoms with Crippen molar-refractivity contribution < 1.29 is 18.7 Å². The molecule has 0 bridgehead atoms. The summed E-state index contributed by atoms with van der Waals surface area (Å²) in [4.78, 5) is 12.2. The molecule has 7 heteroatoms. The number of carbonyl (C=O) groups is 1. The third-order valence-electron chi connectivity index (χ3n) is 4.13. The highest BCUT2D eigenvalue weighted by Crippen LogP contribution is 2.26. The van der Waals surface area contributed by atoms with Crippen molar-refractivity contribution >= 4 is 5.91 Å². The van der Waals surface area contributed by atoms with Gasteiger partial charge in [-0.3, -0.25) is 4.79 Å². The molecular formula is C18H23N3O4. The molecule has 2 heterocycles. The van der Waals surface area contributed by atoms with Crippen LogP contribution in [0.25, 0.3) is 0 Å². The smallest absolute Gasteiger partial charge is 0.255 e. The summed E-state index contributed by atoms with van der Waals surface area (Å²) in [5, 5.41) is 10.9. The van der Waals surface area contributed by atoms with Gasteiger partial charge in [0.1, 0.15) is 5.75 Å². The fraction of sp³-hybridized carbons (Fsp3) is 0.500. The van der Waals surface area contributed by atoms with E-state index in [0.717, 1.165) is 25.0 Å². The van der Waals surface area contributed by atoms with Gasteiger partial charge in [-0.25, -0.2) is 0 Å². The number of aryl methyl sites for hydroxylation is 1. The Morgan fingerprint density at radius 2 is 2.28 bits per heavy atom. The zero-order valence-electron chi connectivity index (χ0n) is 14.6. The van der Waals surface area contributed by atoms with Gasteiger partial charge in [0.2, 0.25) is 5.89 Å². The second-order valence-corrected chi connectivity index (χ2v) is 6.05. The number of benzene rings is 1. The molecular weight excluding hydrogens is 322 g/mol. The van der Waals surface area contributed by atoms with Crippen molar-refractivity contribution in [2.45, 2.75) is 39.2 Å². The molecule has 1 saturated heterocycles. The minimum atomic E-state index is -0.160. The van der Waals surface area contributed by atoms with Gasteiger partial charge < -0.3 is 19.2 Å². The summed E-state index contributed by atoms with van der Waals surface area (Å²) in [6.07, 6.45) is 1.99. The Bertz CT molecular complexity index is 723. The van der Waals surface area contributed by atoms with Gasteiger partial charge in [0.05, 0.1) is 18.1 Å². The van der Waals surface area contributed by atoms with Gasteiger partial charge >= 0.3 is 0 Å². The Morgan fingerprint density at radius 3 is 3.04 bits per heavy atom. The van der Waals surface area contributed by atoms with Gasteiger partial charge in [0, 0.05) is 13.2 Å². The summed E-state index contributed by atoms with van der Waals surface area (Å²) in [6, 6.07) is 5.48. The van der Waals surface area contributed by atoms with Crippen LogP contribution in [0.15, 0.2) is 22.6 Å². The number of amides is 1. The van der Waals surface area contributed by atoms with Gasteiger partial charge in [-0.15, -0.1) is 10.2 Å². The average molecular weight is 345 g/mol. The van der Waals surface area contributed by atoms with Gasteiger partial charge in [-0.2, -0.15) is 0 Å². The highest BCUT2D eigenvalue weighted by Gasteiger charge is 2.22. The van der Waals surface area contributed by atoms with Crippen LogP contribution >= 0.6 is 0 Å². The molecule has 2 aromatic rings. The van der Waals surface area contributed by atoms with Crippen molar-refractivity contribution in [2.24, 2.45) is 0 Å². The van der Waals surface area contributed by atoms with Crippen molar-refractivity contribution in [1.29, 1.82) is 0 Å². The van der Waals surface area contributed by atoms with E-state index in [1.54, 1.807) is 6.07 Å². The Balaban J connectivity index is 1.69. The summed E-state index contributed by atoms with van der Waals surface area (Å²) >= 11 is 0. The quantitative estimate of drug-likeness (QED) is 0.866. The first-order valence-corrected chi connectivity index (χ1v) is 8.59. The molecule has 134 valence electrons. The van der Waals surface area contributed by atoms with E-state index in [2.05, 4.69) is 15.5 Å². The maximum absolute atomic E-state index is 12.2. The molecule has 0 spiro atoms. The van der Waals surface area contributed by atoms with E-state index in [-0.39, 0.29) is 18.4 Å². The standard InChI is InChI=1S/C18H23N3O4/c1-3-19-17(22)14-8-4-6-12(2)16(14)24-11-15-20-21-18(25-15)13-7-5-9-23-10-13/h4,6,8,13H,3,5,7,9-11H2,1-2H3,(H,19,22). The maximum Gasteiger partial charge on any atom is 0.255 e. The van der Waals surface area contributed by atoms with E-state index in [9.17, 15) is 4.79 Å². The van der Waals surface area contributed by atoms with Crippen LogP contribution in [0.5, 0.6) is 5.75 Å². The molecule has 1 N–H and O–H groups in total. The highest BCUT2D eigenvalue weighted by molar-refractivity contribution is 5.97. The summed E-state index contributed by atoms with van der Waals surface area (Å²) in [5.41, 5.74) is 1.38. The molecule has 0 radical (unpaired) electrons. The monoisotopic (exact) mass is 345 g/mol. The number of hydrogen-bond acceptors (Lipinski definition) is 6. The second kappa shape index (κ2) is 8.11. The zero-order chi connectivity index (χ0) is 17.6. The number of nitrogens with zero attached hydrogens (tertiary/aromatic N) is 2. The zero-order valence-corrected chi connectivity index (χ0v) is 14.6. The molecule has 1 aliphatic rings. The lowest BCUT2D eigenvalue weighted by molar-refractivity contribution is 0.0716. The van der Waals surface area contributed by atoms with Crippen LogP contribution in [0.3, 0.4) is 0 Å². The molecule has 1 amide bonds. The summed E-state index contributed by atoms with van der Waals surface area (Å²) in [6.45, 7) is 5.86. The van der Waals surface area contributed by atoms with Crippen LogP contribution in [0.4, 0.5) is 0 Å². The van der Waals surface area contributed by atoms with E-state index >= 15 is 0 Å². The first-order chi connectivity index (χ1) is 12.2. The van der Waals surface area contributed by atoms with Crippen molar-refractivity contribution in [1.82, 2.24) is 15.5 Å². The molecule has 1 aromatic heterocycles. The molecule has 1 fully saturated rings. The fourth-order valence-corrected chi connectivity index (χ4v) is 2.84. The van der Waals surface area contributed by atoms with E-state index in [1.165, 1.54) is 0 Å². The third kappa shape index (κ3) is 4.17. The number of para-hydroxylation sites is 1. The average Bonchev–Trinajstić information content (AvgIpc) is 3.10. The molecule has 3 rings (SSSR count). The van der Waals surface area contributed by atoms with Crippen molar-refractivity contribution in [3.8, 4) is 5.75 Å². The fourth-order valence-electron chi connectivity index (χ4n) is 2.84. The van der Waals surface area contributed by atoms with E-state index in [0.29, 0.717) is 36.2 Å². The minimum Gasteiger partial charge on any atom is -0.483 e. The molecule has 1 atom stereocenters. The Morgan fingerprint density at radius 1 is 1.40 bits per heavy atom. The first kappa shape index (κ1) is 17.4. The van der Waals surface area contributed by atoms with E-state index in [4.69, 9.17) is 13.9 Å². The van der Waals surface area contributed by atoms with Crippen molar-refractivity contribution in [3.63, 3.8) is 0 Å². The molecule has 1 unspecified atom stereocenters. The number of rotatable bonds is 6. The third-order valence-corrected chi connectivity index (χ3v) is 4.13. The van der Waals surface area contributed by atoms with Gasteiger partial charge in [-0.05, 0) is 38.3 Å². The largest absolute Gasteiger partial charge is 0.483 e. The van der Waals surface area contributed by atoms with Crippen LogP contribution in [-0.2, 0) is 11.3 Å². The number of aromatic nitrogens is 2. The van der Waals surface area contributed by atoms with E-state index < -0.39 is 0 Å². The first-order valence-electron chi connectivity index (χ1n) is 8.59. The van der Waals surface area contributed by atoms with Crippen LogP contribution in [0, 0.1) is 6.92 Å². The number of hydrogen-bond donors (Lipinski definition) is 1. The second-order valence-electron chi connectivity index (χ2n) is 6.05. The van der Waals surface area contributed by atoms with E-state index in [1.807, 2.05) is 26.0 Å². The Kier molecular flexibility index (Phi) is 5.65.